The van der Waals surface area contributed by atoms with Crippen LogP contribution in [0.15, 0.2) is 23.8 Å². The Morgan fingerprint density at radius 3 is 2.62 bits per heavy atom. The average Bonchev–Trinajstić information content (AvgIpc) is 2.92. The number of hydrogen-bond acceptors (Lipinski definition) is 4. The maximum Gasteiger partial charge on any atom is 0.156 e. The van der Waals surface area contributed by atoms with Crippen molar-refractivity contribution in [3.8, 4) is 5.75 Å². The third-order valence-electron chi connectivity index (χ3n) is 4.43. The van der Waals surface area contributed by atoms with E-state index < -0.39 is 0 Å². The SMILES string of the molecule is COC1=C2CC(C(C)C)OC2N(C)c2c(OC)cccc21. The van der Waals surface area contributed by atoms with Crippen LogP contribution in [-0.4, -0.2) is 33.6 Å². The zero-order chi connectivity index (χ0) is 15.1. The predicted octanol–water partition coefficient (Wildman–Crippen LogP) is 3.27. The van der Waals surface area contributed by atoms with E-state index in [0.29, 0.717) is 5.92 Å². The molecule has 0 bridgehead atoms. The van der Waals surface area contributed by atoms with E-state index in [1.165, 1.54) is 5.57 Å². The van der Waals surface area contributed by atoms with Gasteiger partial charge in [-0.15, -0.1) is 0 Å². The second-order valence-electron chi connectivity index (χ2n) is 6.00. The van der Waals surface area contributed by atoms with Crippen LogP contribution in [0.1, 0.15) is 25.8 Å². The maximum atomic E-state index is 6.26. The second-order valence-corrected chi connectivity index (χ2v) is 6.00. The number of ether oxygens (including phenoxy) is 3. The summed E-state index contributed by atoms with van der Waals surface area (Å²) in [6, 6.07) is 6.06. The summed E-state index contributed by atoms with van der Waals surface area (Å²) in [5.41, 5.74) is 3.35. The molecule has 3 rings (SSSR count). The zero-order valence-corrected chi connectivity index (χ0v) is 13.3. The number of methoxy groups -OCH3 is 2. The molecule has 0 radical (unpaired) electrons. The molecule has 21 heavy (non-hydrogen) atoms. The molecule has 0 spiro atoms. The molecule has 2 atom stereocenters. The van der Waals surface area contributed by atoms with Crippen LogP contribution in [0.5, 0.6) is 5.75 Å². The normalized spacial score (nSPS) is 24.2. The van der Waals surface area contributed by atoms with Crippen LogP contribution in [0.3, 0.4) is 0 Å². The molecule has 1 saturated heterocycles. The lowest BCUT2D eigenvalue weighted by Gasteiger charge is -2.35. The van der Waals surface area contributed by atoms with Crippen molar-refractivity contribution in [1.29, 1.82) is 0 Å². The lowest BCUT2D eigenvalue weighted by Crippen LogP contribution is -2.37. The van der Waals surface area contributed by atoms with E-state index in [9.17, 15) is 0 Å². The van der Waals surface area contributed by atoms with Gasteiger partial charge in [-0.1, -0.05) is 19.9 Å². The first-order chi connectivity index (χ1) is 10.1. The second kappa shape index (κ2) is 5.26. The van der Waals surface area contributed by atoms with Crippen LogP contribution in [0, 0.1) is 5.92 Å². The molecular weight excluding hydrogens is 266 g/mol. The molecule has 2 unspecified atom stereocenters. The van der Waals surface area contributed by atoms with E-state index in [1.807, 2.05) is 12.1 Å². The number of hydrogen-bond donors (Lipinski definition) is 0. The number of para-hydroxylation sites is 1. The number of rotatable bonds is 3. The Morgan fingerprint density at radius 1 is 1.24 bits per heavy atom. The topological polar surface area (TPSA) is 30.9 Å². The van der Waals surface area contributed by atoms with Crippen LogP contribution >= 0.6 is 0 Å². The minimum atomic E-state index is -0.0591. The van der Waals surface area contributed by atoms with Crippen molar-refractivity contribution >= 4 is 11.4 Å². The first-order valence-electron chi connectivity index (χ1n) is 7.41. The number of fused-ring (bicyclic) bond motifs is 2. The van der Waals surface area contributed by atoms with Gasteiger partial charge in [-0.25, -0.2) is 0 Å². The fourth-order valence-corrected chi connectivity index (χ4v) is 3.30. The predicted molar refractivity (Wildman–Crippen MR) is 83.4 cm³/mol. The highest BCUT2D eigenvalue weighted by Gasteiger charge is 2.42. The molecule has 1 fully saturated rings. The molecule has 1 aromatic carbocycles. The molecular formula is C17H23NO3. The molecule has 2 heterocycles. The highest BCUT2D eigenvalue weighted by atomic mass is 16.5. The summed E-state index contributed by atoms with van der Waals surface area (Å²) < 4.78 is 17.5. The van der Waals surface area contributed by atoms with Gasteiger partial charge in [0.05, 0.1) is 26.0 Å². The smallest absolute Gasteiger partial charge is 0.156 e. The quantitative estimate of drug-likeness (QED) is 0.854. The van der Waals surface area contributed by atoms with Crippen molar-refractivity contribution < 1.29 is 14.2 Å². The number of likely N-dealkylation sites (N-methyl/N-ethyl adjacent to an activating group) is 1. The molecule has 2 aliphatic rings. The van der Waals surface area contributed by atoms with Crippen LogP contribution in [0.25, 0.3) is 5.76 Å². The Balaban J connectivity index is 2.13. The van der Waals surface area contributed by atoms with Gasteiger partial charge in [0.2, 0.25) is 0 Å². The molecule has 0 aromatic heterocycles. The summed E-state index contributed by atoms with van der Waals surface area (Å²) in [5, 5.41) is 0. The molecule has 0 saturated carbocycles. The zero-order valence-electron chi connectivity index (χ0n) is 13.3. The van der Waals surface area contributed by atoms with Crippen molar-refractivity contribution in [1.82, 2.24) is 0 Å². The standard InChI is InChI=1S/C17H23NO3/c1-10(2)14-9-12-16(20-5)11-7-6-8-13(19-4)15(11)18(3)17(12)21-14/h6-8,10,14,17H,9H2,1-5H3. The van der Waals surface area contributed by atoms with Gasteiger partial charge in [0.1, 0.15) is 11.5 Å². The summed E-state index contributed by atoms with van der Waals surface area (Å²) in [6.45, 7) is 4.39. The van der Waals surface area contributed by atoms with Gasteiger partial charge in [-0.3, -0.25) is 0 Å². The minimum Gasteiger partial charge on any atom is -0.496 e. The Kier molecular flexibility index (Phi) is 3.57. The van der Waals surface area contributed by atoms with Gasteiger partial charge in [-0.05, 0) is 18.1 Å². The molecule has 2 aliphatic heterocycles. The summed E-state index contributed by atoms with van der Waals surface area (Å²) in [4.78, 5) is 2.16. The average molecular weight is 289 g/mol. The molecule has 4 nitrogen and oxygen atoms in total. The van der Waals surface area contributed by atoms with Gasteiger partial charge in [0, 0.05) is 24.6 Å². The van der Waals surface area contributed by atoms with Gasteiger partial charge >= 0.3 is 0 Å². The lowest BCUT2D eigenvalue weighted by atomic mass is 9.94. The fraction of sp³-hybridized carbons (Fsp3) is 0.529. The first kappa shape index (κ1) is 14.3. The summed E-state index contributed by atoms with van der Waals surface area (Å²) in [5.74, 6) is 2.27. The number of anilines is 1. The van der Waals surface area contributed by atoms with Crippen molar-refractivity contribution in [3.05, 3.63) is 29.3 Å². The van der Waals surface area contributed by atoms with Crippen LogP contribution < -0.4 is 9.64 Å². The van der Waals surface area contributed by atoms with Gasteiger partial charge < -0.3 is 19.1 Å². The molecule has 0 aliphatic carbocycles. The highest BCUT2D eigenvalue weighted by Crippen LogP contribution is 2.48. The Hall–Kier alpha value is -1.68. The Morgan fingerprint density at radius 2 is 2.00 bits per heavy atom. The first-order valence-corrected chi connectivity index (χ1v) is 7.41. The molecule has 0 N–H and O–H groups in total. The van der Waals surface area contributed by atoms with Crippen LogP contribution in [0.4, 0.5) is 5.69 Å². The van der Waals surface area contributed by atoms with E-state index >= 15 is 0 Å². The van der Waals surface area contributed by atoms with Gasteiger partial charge in [-0.2, -0.15) is 0 Å². The van der Waals surface area contributed by atoms with Crippen molar-refractivity contribution in [3.63, 3.8) is 0 Å². The van der Waals surface area contributed by atoms with E-state index in [4.69, 9.17) is 14.2 Å². The van der Waals surface area contributed by atoms with E-state index in [1.54, 1.807) is 14.2 Å². The minimum absolute atomic E-state index is 0.0591. The van der Waals surface area contributed by atoms with Crippen molar-refractivity contribution in [2.24, 2.45) is 5.92 Å². The Labute approximate surface area is 126 Å². The van der Waals surface area contributed by atoms with E-state index in [0.717, 1.165) is 29.2 Å². The van der Waals surface area contributed by atoms with Crippen molar-refractivity contribution in [2.45, 2.75) is 32.6 Å². The summed E-state index contributed by atoms with van der Waals surface area (Å²) >= 11 is 0. The molecule has 0 amide bonds. The molecule has 114 valence electrons. The summed E-state index contributed by atoms with van der Waals surface area (Å²) in [6.07, 6.45) is 1.10. The maximum absolute atomic E-state index is 6.26. The van der Waals surface area contributed by atoms with Crippen LogP contribution in [0.2, 0.25) is 0 Å². The molecule has 1 aromatic rings. The summed E-state index contributed by atoms with van der Waals surface area (Å²) in [7, 11) is 5.49. The number of nitrogens with zero attached hydrogens (tertiary/aromatic N) is 1. The molecule has 4 heteroatoms. The lowest BCUT2D eigenvalue weighted by molar-refractivity contribution is 0.0251. The van der Waals surface area contributed by atoms with Gasteiger partial charge in [0.15, 0.2) is 6.23 Å². The fourth-order valence-electron chi connectivity index (χ4n) is 3.30. The van der Waals surface area contributed by atoms with E-state index in [2.05, 4.69) is 31.9 Å². The van der Waals surface area contributed by atoms with Gasteiger partial charge in [0.25, 0.3) is 0 Å². The van der Waals surface area contributed by atoms with Crippen LogP contribution in [-0.2, 0) is 9.47 Å². The van der Waals surface area contributed by atoms with E-state index in [-0.39, 0.29) is 12.3 Å². The highest BCUT2D eigenvalue weighted by molar-refractivity contribution is 5.83. The Bertz CT molecular complexity index is 579. The third kappa shape index (κ3) is 2.09. The number of benzene rings is 1. The largest absolute Gasteiger partial charge is 0.496 e. The monoisotopic (exact) mass is 289 g/mol. The third-order valence-corrected chi connectivity index (χ3v) is 4.43. The van der Waals surface area contributed by atoms with Crippen molar-refractivity contribution in [2.75, 3.05) is 26.2 Å².